The van der Waals surface area contributed by atoms with Gasteiger partial charge in [-0.25, -0.2) is 19.9 Å². The highest BCUT2D eigenvalue weighted by Gasteiger charge is 2.13. The molecule has 3 aromatic heterocycles. The molecular weight excluding hydrogens is 326 g/mol. The highest BCUT2D eigenvalue weighted by atomic mass is 35.5. The topological polar surface area (TPSA) is 92.3 Å². The van der Waals surface area contributed by atoms with E-state index in [1.54, 1.807) is 18.6 Å². The maximum absolute atomic E-state index is 6.21. The number of nitrogens with zero attached hydrogens (tertiary/aromatic N) is 5. The van der Waals surface area contributed by atoms with Gasteiger partial charge in [0.25, 0.3) is 0 Å². The average Bonchev–Trinajstić information content (AvgIpc) is 2.96. The van der Waals surface area contributed by atoms with Crippen LogP contribution in [0.2, 0.25) is 5.02 Å². The number of rotatable bonds is 5. The molecule has 0 fully saturated rings. The number of aryl methyl sites for hydroxylation is 2. The van der Waals surface area contributed by atoms with Crippen LogP contribution < -0.4 is 5.32 Å². The van der Waals surface area contributed by atoms with E-state index in [1.807, 2.05) is 26.8 Å². The molecule has 0 aromatic carbocycles. The fourth-order valence-electron chi connectivity index (χ4n) is 2.22. The van der Waals surface area contributed by atoms with E-state index in [0.717, 1.165) is 22.6 Å². The Morgan fingerprint density at radius 3 is 2.58 bits per heavy atom. The summed E-state index contributed by atoms with van der Waals surface area (Å²) in [7, 11) is 0. The molecule has 0 aliphatic carbocycles. The lowest BCUT2D eigenvalue weighted by Gasteiger charge is -2.13. The number of hydrogen-bond acceptors (Lipinski definition) is 6. The second-order valence-corrected chi connectivity index (χ2v) is 6.10. The van der Waals surface area contributed by atoms with Crippen molar-refractivity contribution in [2.24, 2.45) is 0 Å². The van der Waals surface area contributed by atoms with Gasteiger partial charge < -0.3 is 5.32 Å². The Balaban J connectivity index is 1.76. The summed E-state index contributed by atoms with van der Waals surface area (Å²) in [5, 5.41) is 10.8. The third kappa shape index (κ3) is 3.86. The SMILES string of the molecule is Cc1cnc([C@H](C)Nc2ncc(Cl)c(Cc3cc(C)[nH]n3)n2)nc1. The van der Waals surface area contributed by atoms with Crippen molar-refractivity contribution in [3.05, 3.63) is 58.1 Å². The second kappa shape index (κ2) is 6.92. The van der Waals surface area contributed by atoms with E-state index in [4.69, 9.17) is 11.6 Å². The molecule has 3 aromatic rings. The first kappa shape index (κ1) is 16.3. The molecule has 0 saturated heterocycles. The number of halogens is 1. The molecule has 0 amide bonds. The molecule has 0 bridgehead atoms. The molecule has 8 heteroatoms. The zero-order chi connectivity index (χ0) is 17.1. The summed E-state index contributed by atoms with van der Waals surface area (Å²) in [4.78, 5) is 17.4. The van der Waals surface area contributed by atoms with Crippen molar-refractivity contribution in [3.8, 4) is 0 Å². The number of nitrogens with one attached hydrogen (secondary N) is 2. The minimum atomic E-state index is -0.118. The largest absolute Gasteiger partial charge is 0.344 e. The fourth-order valence-corrected chi connectivity index (χ4v) is 2.37. The number of aromatic nitrogens is 6. The summed E-state index contributed by atoms with van der Waals surface area (Å²) >= 11 is 6.21. The quantitative estimate of drug-likeness (QED) is 0.739. The van der Waals surface area contributed by atoms with Crippen LogP contribution in [0.25, 0.3) is 0 Å². The van der Waals surface area contributed by atoms with Gasteiger partial charge in [-0.2, -0.15) is 5.10 Å². The summed E-state index contributed by atoms with van der Waals surface area (Å²) < 4.78 is 0. The first-order valence-corrected chi connectivity index (χ1v) is 7.96. The molecule has 2 N–H and O–H groups in total. The Morgan fingerprint density at radius 1 is 1.17 bits per heavy atom. The third-order valence-electron chi connectivity index (χ3n) is 3.46. The maximum atomic E-state index is 6.21. The zero-order valence-corrected chi connectivity index (χ0v) is 14.5. The first-order chi connectivity index (χ1) is 11.5. The van der Waals surface area contributed by atoms with Crippen molar-refractivity contribution < 1.29 is 0 Å². The van der Waals surface area contributed by atoms with E-state index in [0.29, 0.717) is 23.2 Å². The normalized spacial score (nSPS) is 12.2. The van der Waals surface area contributed by atoms with Crippen LogP contribution in [0.1, 0.15) is 41.4 Å². The maximum Gasteiger partial charge on any atom is 0.223 e. The molecule has 1 atom stereocenters. The predicted octanol–water partition coefficient (Wildman–Crippen LogP) is 3.02. The molecular formula is C16H18ClN7. The van der Waals surface area contributed by atoms with Gasteiger partial charge in [0, 0.05) is 24.5 Å². The van der Waals surface area contributed by atoms with Gasteiger partial charge in [0.05, 0.1) is 28.6 Å². The molecule has 7 nitrogen and oxygen atoms in total. The van der Waals surface area contributed by atoms with Crippen LogP contribution in [0.3, 0.4) is 0 Å². The zero-order valence-electron chi connectivity index (χ0n) is 13.7. The minimum Gasteiger partial charge on any atom is -0.344 e. The second-order valence-electron chi connectivity index (χ2n) is 5.69. The predicted molar refractivity (Wildman–Crippen MR) is 92.0 cm³/mol. The summed E-state index contributed by atoms with van der Waals surface area (Å²) in [6.45, 7) is 5.86. The van der Waals surface area contributed by atoms with E-state index >= 15 is 0 Å². The standard InChI is InChI=1S/C16H18ClN7/c1-9-6-18-15(19-7-9)11(3)21-16-20-8-13(17)14(22-16)5-12-4-10(2)23-24-12/h4,6-8,11H,5H2,1-3H3,(H,23,24)(H,20,21,22)/t11-/m0/s1. The summed E-state index contributed by atoms with van der Waals surface area (Å²) in [6, 6.07) is 1.85. The first-order valence-electron chi connectivity index (χ1n) is 7.58. The van der Waals surface area contributed by atoms with Crippen LogP contribution in [0.15, 0.2) is 24.7 Å². The molecule has 0 unspecified atom stereocenters. The lowest BCUT2D eigenvalue weighted by molar-refractivity contribution is 0.770. The third-order valence-corrected chi connectivity index (χ3v) is 3.77. The van der Waals surface area contributed by atoms with E-state index in [-0.39, 0.29) is 6.04 Å². The Bertz CT molecular complexity index is 829. The Morgan fingerprint density at radius 2 is 1.92 bits per heavy atom. The van der Waals surface area contributed by atoms with Crippen molar-refractivity contribution in [1.82, 2.24) is 30.1 Å². The number of hydrogen-bond donors (Lipinski definition) is 2. The van der Waals surface area contributed by atoms with E-state index in [2.05, 4.69) is 35.5 Å². The molecule has 0 saturated carbocycles. The number of aromatic amines is 1. The summed E-state index contributed by atoms with van der Waals surface area (Å²) in [5.74, 6) is 1.17. The van der Waals surface area contributed by atoms with Crippen molar-refractivity contribution in [2.75, 3.05) is 5.32 Å². The smallest absolute Gasteiger partial charge is 0.223 e. The Hall–Kier alpha value is -2.54. The van der Waals surface area contributed by atoms with Crippen molar-refractivity contribution in [3.63, 3.8) is 0 Å². The number of H-pyrrole nitrogens is 1. The van der Waals surface area contributed by atoms with Crippen LogP contribution in [-0.2, 0) is 6.42 Å². The Labute approximate surface area is 144 Å². The van der Waals surface area contributed by atoms with Gasteiger partial charge in [0.15, 0.2) is 0 Å². The molecule has 3 heterocycles. The molecule has 3 rings (SSSR count). The number of anilines is 1. The van der Waals surface area contributed by atoms with E-state index < -0.39 is 0 Å². The lowest BCUT2D eigenvalue weighted by Crippen LogP contribution is -2.13. The van der Waals surface area contributed by atoms with Crippen LogP contribution in [0.4, 0.5) is 5.95 Å². The van der Waals surface area contributed by atoms with Gasteiger partial charge in [-0.05, 0) is 32.4 Å². The van der Waals surface area contributed by atoms with Crippen LogP contribution in [0.5, 0.6) is 0 Å². The molecule has 24 heavy (non-hydrogen) atoms. The van der Waals surface area contributed by atoms with Gasteiger partial charge >= 0.3 is 0 Å². The van der Waals surface area contributed by atoms with Crippen molar-refractivity contribution in [1.29, 1.82) is 0 Å². The molecule has 0 radical (unpaired) electrons. The van der Waals surface area contributed by atoms with Gasteiger partial charge in [0.1, 0.15) is 5.82 Å². The molecule has 0 aliphatic rings. The van der Waals surface area contributed by atoms with Gasteiger partial charge in [0.2, 0.25) is 5.95 Å². The average molecular weight is 344 g/mol. The molecule has 0 aliphatic heterocycles. The van der Waals surface area contributed by atoms with E-state index in [1.165, 1.54) is 0 Å². The minimum absolute atomic E-state index is 0.118. The molecule has 0 spiro atoms. The van der Waals surface area contributed by atoms with Crippen molar-refractivity contribution >= 4 is 17.5 Å². The molecule has 124 valence electrons. The lowest BCUT2D eigenvalue weighted by atomic mass is 10.2. The monoisotopic (exact) mass is 343 g/mol. The van der Waals surface area contributed by atoms with Crippen LogP contribution >= 0.6 is 11.6 Å². The summed E-state index contributed by atoms with van der Waals surface area (Å²) in [6.07, 6.45) is 5.70. The van der Waals surface area contributed by atoms with Crippen LogP contribution in [-0.4, -0.2) is 30.1 Å². The highest BCUT2D eigenvalue weighted by molar-refractivity contribution is 6.31. The van der Waals surface area contributed by atoms with Crippen molar-refractivity contribution in [2.45, 2.75) is 33.2 Å². The van der Waals surface area contributed by atoms with Crippen LogP contribution in [0, 0.1) is 13.8 Å². The van der Waals surface area contributed by atoms with Gasteiger partial charge in [-0.1, -0.05) is 11.6 Å². The van der Waals surface area contributed by atoms with E-state index in [9.17, 15) is 0 Å². The highest BCUT2D eigenvalue weighted by Crippen LogP contribution is 2.19. The fraction of sp³-hybridized carbons (Fsp3) is 0.312. The van der Waals surface area contributed by atoms with Gasteiger partial charge in [-0.3, -0.25) is 5.10 Å². The van der Waals surface area contributed by atoms with Gasteiger partial charge in [-0.15, -0.1) is 0 Å². The summed E-state index contributed by atoms with van der Waals surface area (Å²) in [5.41, 5.74) is 3.62. The Kier molecular flexibility index (Phi) is 4.71.